The van der Waals surface area contributed by atoms with E-state index in [9.17, 15) is 8.78 Å². The predicted molar refractivity (Wildman–Crippen MR) is 74.7 cm³/mol. The maximum Gasteiger partial charge on any atom is 0.130 e. The summed E-state index contributed by atoms with van der Waals surface area (Å²) < 4.78 is 28.0. The van der Waals surface area contributed by atoms with Crippen molar-refractivity contribution in [1.82, 2.24) is 9.78 Å². The summed E-state index contributed by atoms with van der Waals surface area (Å²) >= 11 is 6.13. The minimum atomic E-state index is -0.592. The summed E-state index contributed by atoms with van der Waals surface area (Å²) in [7, 11) is 1.75. The molecule has 2 aromatic rings. The standard InChI is InChI=1S/C14H16ClF2N3/c1-8-12(14(15)20(2)19-8)7-11(18)5-9-3-4-10(16)6-13(9)17/h3-4,6,11H,5,7,18H2,1-2H3. The molecule has 0 fully saturated rings. The molecule has 0 bridgehead atoms. The van der Waals surface area contributed by atoms with Crippen LogP contribution in [0, 0.1) is 18.6 Å². The molecular weight excluding hydrogens is 284 g/mol. The Hall–Kier alpha value is -1.46. The van der Waals surface area contributed by atoms with Crippen molar-refractivity contribution < 1.29 is 8.78 Å². The highest BCUT2D eigenvalue weighted by atomic mass is 35.5. The molecule has 0 aliphatic carbocycles. The average molecular weight is 300 g/mol. The van der Waals surface area contributed by atoms with Crippen LogP contribution in [-0.4, -0.2) is 15.8 Å². The van der Waals surface area contributed by atoms with E-state index < -0.39 is 11.6 Å². The van der Waals surface area contributed by atoms with Gasteiger partial charge in [0, 0.05) is 24.7 Å². The van der Waals surface area contributed by atoms with Gasteiger partial charge < -0.3 is 5.73 Å². The van der Waals surface area contributed by atoms with E-state index in [0.29, 0.717) is 23.6 Å². The van der Waals surface area contributed by atoms with Crippen molar-refractivity contribution in [1.29, 1.82) is 0 Å². The van der Waals surface area contributed by atoms with Crippen molar-refractivity contribution >= 4 is 11.6 Å². The van der Waals surface area contributed by atoms with Crippen molar-refractivity contribution in [2.45, 2.75) is 25.8 Å². The second-order valence-corrected chi connectivity index (χ2v) is 5.24. The van der Waals surface area contributed by atoms with Gasteiger partial charge in [-0.15, -0.1) is 0 Å². The number of halogens is 3. The number of nitrogens with two attached hydrogens (primary N) is 1. The summed E-state index contributed by atoms with van der Waals surface area (Å²) in [5.41, 5.74) is 8.11. The number of aromatic nitrogens is 2. The Labute approximate surface area is 121 Å². The van der Waals surface area contributed by atoms with E-state index in [2.05, 4.69) is 5.10 Å². The van der Waals surface area contributed by atoms with Crippen LogP contribution >= 0.6 is 11.6 Å². The van der Waals surface area contributed by atoms with E-state index in [-0.39, 0.29) is 6.04 Å². The molecule has 1 aromatic carbocycles. The van der Waals surface area contributed by atoms with Gasteiger partial charge in [-0.2, -0.15) is 5.10 Å². The summed E-state index contributed by atoms with van der Waals surface area (Å²) in [4.78, 5) is 0. The molecule has 1 aromatic heterocycles. The molecule has 0 saturated heterocycles. The van der Waals surface area contributed by atoms with Crippen LogP contribution in [0.25, 0.3) is 0 Å². The minimum Gasteiger partial charge on any atom is -0.327 e. The lowest BCUT2D eigenvalue weighted by Crippen LogP contribution is -2.26. The quantitative estimate of drug-likeness (QED) is 0.943. The van der Waals surface area contributed by atoms with Crippen LogP contribution in [0.4, 0.5) is 8.78 Å². The van der Waals surface area contributed by atoms with Gasteiger partial charge in [-0.05, 0) is 31.4 Å². The van der Waals surface area contributed by atoms with Gasteiger partial charge in [0.05, 0.1) is 5.69 Å². The zero-order valence-electron chi connectivity index (χ0n) is 11.3. The lowest BCUT2D eigenvalue weighted by Gasteiger charge is -2.12. The Balaban J connectivity index is 2.11. The second kappa shape index (κ2) is 5.89. The first-order valence-electron chi connectivity index (χ1n) is 6.26. The molecule has 0 spiro atoms. The van der Waals surface area contributed by atoms with Crippen molar-refractivity contribution in [3.05, 3.63) is 51.8 Å². The third-order valence-corrected chi connectivity index (χ3v) is 3.71. The van der Waals surface area contributed by atoms with E-state index in [1.807, 2.05) is 6.92 Å². The molecule has 0 aliphatic heterocycles. The minimum absolute atomic E-state index is 0.310. The smallest absolute Gasteiger partial charge is 0.130 e. The fourth-order valence-electron chi connectivity index (χ4n) is 2.21. The normalized spacial score (nSPS) is 12.7. The van der Waals surface area contributed by atoms with Crippen LogP contribution in [0.15, 0.2) is 18.2 Å². The molecule has 2 N–H and O–H groups in total. The molecule has 0 aliphatic rings. The third kappa shape index (κ3) is 3.16. The van der Waals surface area contributed by atoms with E-state index in [1.54, 1.807) is 11.7 Å². The first-order chi connectivity index (χ1) is 9.38. The molecule has 0 saturated carbocycles. The van der Waals surface area contributed by atoms with Crippen molar-refractivity contribution in [2.75, 3.05) is 0 Å². The predicted octanol–water partition coefficient (Wildman–Crippen LogP) is 2.77. The number of nitrogens with zero attached hydrogens (tertiary/aromatic N) is 2. The van der Waals surface area contributed by atoms with Gasteiger partial charge in [0.2, 0.25) is 0 Å². The monoisotopic (exact) mass is 299 g/mol. The van der Waals surface area contributed by atoms with Crippen LogP contribution < -0.4 is 5.73 Å². The summed E-state index contributed by atoms with van der Waals surface area (Å²) in [6.45, 7) is 1.85. The molecule has 1 unspecified atom stereocenters. The third-order valence-electron chi connectivity index (χ3n) is 3.23. The Morgan fingerprint density at radius 1 is 1.35 bits per heavy atom. The molecule has 20 heavy (non-hydrogen) atoms. The Kier molecular flexibility index (Phi) is 4.40. The van der Waals surface area contributed by atoms with Crippen LogP contribution in [0.3, 0.4) is 0 Å². The van der Waals surface area contributed by atoms with Crippen LogP contribution in [-0.2, 0) is 19.9 Å². The summed E-state index contributed by atoms with van der Waals surface area (Å²) in [6.07, 6.45) is 0.812. The molecule has 0 amide bonds. The molecule has 2 rings (SSSR count). The molecule has 0 radical (unpaired) electrons. The fourth-order valence-corrected chi connectivity index (χ4v) is 2.46. The Morgan fingerprint density at radius 2 is 2.05 bits per heavy atom. The summed E-state index contributed by atoms with van der Waals surface area (Å²) in [5, 5.41) is 4.74. The zero-order valence-corrected chi connectivity index (χ0v) is 12.1. The lowest BCUT2D eigenvalue weighted by atomic mass is 10.00. The molecule has 1 atom stereocenters. The van der Waals surface area contributed by atoms with Crippen molar-refractivity contribution in [3.8, 4) is 0 Å². The van der Waals surface area contributed by atoms with Gasteiger partial charge in [-0.1, -0.05) is 17.7 Å². The second-order valence-electron chi connectivity index (χ2n) is 4.88. The van der Waals surface area contributed by atoms with E-state index >= 15 is 0 Å². The van der Waals surface area contributed by atoms with E-state index in [1.165, 1.54) is 12.1 Å². The largest absolute Gasteiger partial charge is 0.327 e. The number of benzene rings is 1. The van der Waals surface area contributed by atoms with Gasteiger partial charge in [0.15, 0.2) is 0 Å². The maximum absolute atomic E-state index is 13.6. The van der Waals surface area contributed by atoms with Crippen LogP contribution in [0.1, 0.15) is 16.8 Å². The first-order valence-corrected chi connectivity index (χ1v) is 6.63. The SMILES string of the molecule is Cc1nn(C)c(Cl)c1CC(N)Cc1ccc(F)cc1F. The van der Waals surface area contributed by atoms with Crippen LogP contribution in [0.2, 0.25) is 5.15 Å². The Morgan fingerprint density at radius 3 is 2.60 bits per heavy atom. The number of aryl methyl sites for hydroxylation is 2. The van der Waals surface area contributed by atoms with Crippen LogP contribution in [0.5, 0.6) is 0 Å². The topological polar surface area (TPSA) is 43.8 Å². The molecule has 6 heteroatoms. The number of hydrogen-bond donors (Lipinski definition) is 1. The van der Waals surface area contributed by atoms with Gasteiger partial charge in [0.25, 0.3) is 0 Å². The van der Waals surface area contributed by atoms with Crippen molar-refractivity contribution in [3.63, 3.8) is 0 Å². The number of rotatable bonds is 4. The summed E-state index contributed by atoms with van der Waals surface area (Å²) in [5.74, 6) is -1.17. The van der Waals surface area contributed by atoms with E-state index in [4.69, 9.17) is 17.3 Å². The fraction of sp³-hybridized carbons (Fsp3) is 0.357. The first kappa shape index (κ1) is 14.9. The lowest BCUT2D eigenvalue weighted by molar-refractivity contribution is 0.558. The van der Waals surface area contributed by atoms with Gasteiger partial charge in [0.1, 0.15) is 16.8 Å². The Bertz CT molecular complexity index is 625. The highest BCUT2D eigenvalue weighted by molar-refractivity contribution is 6.30. The number of hydrogen-bond acceptors (Lipinski definition) is 2. The molecule has 1 heterocycles. The summed E-state index contributed by atoms with van der Waals surface area (Å²) in [6, 6.07) is 3.20. The van der Waals surface area contributed by atoms with E-state index in [0.717, 1.165) is 17.3 Å². The molecule has 3 nitrogen and oxygen atoms in total. The molecular formula is C14H16ClF2N3. The maximum atomic E-state index is 13.6. The van der Waals surface area contributed by atoms with Crippen molar-refractivity contribution in [2.24, 2.45) is 12.8 Å². The highest BCUT2D eigenvalue weighted by Crippen LogP contribution is 2.21. The average Bonchev–Trinajstić information content (AvgIpc) is 2.60. The highest BCUT2D eigenvalue weighted by Gasteiger charge is 2.16. The van der Waals surface area contributed by atoms with Gasteiger partial charge >= 0.3 is 0 Å². The van der Waals surface area contributed by atoms with Gasteiger partial charge in [-0.25, -0.2) is 8.78 Å². The molecule has 108 valence electrons. The van der Waals surface area contributed by atoms with Gasteiger partial charge in [-0.3, -0.25) is 4.68 Å². The zero-order chi connectivity index (χ0) is 14.9.